The van der Waals surface area contributed by atoms with Crippen molar-refractivity contribution in [3.8, 4) is 11.5 Å². The van der Waals surface area contributed by atoms with Crippen LogP contribution in [0.2, 0.25) is 5.02 Å². The van der Waals surface area contributed by atoms with Gasteiger partial charge in [0.05, 0.1) is 24.9 Å². The number of nitrogens with zero attached hydrogens (tertiary/aromatic N) is 1. The topological polar surface area (TPSA) is 67.9 Å². The zero-order valence-electron chi connectivity index (χ0n) is 14.4. The molecule has 0 unspecified atom stereocenters. The average molecular weight is 363 g/mol. The van der Waals surface area contributed by atoms with Gasteiger partial charge in [-0.25, -0.2) is 0 Å². The zero-order valence-corrected chi connectivity index (χ0v) is 15.2. The standard InChI is InChI=1S/C18H19ClN2O4/c1-21(2)18(23)12-5-7-13(19)14(9-12)20-17(22)11-6-8-15(24-3)16(10-11)25-4/h5-10H,1-4H3,(H,20,22). The summed E-state index contributed by atoms with van der Waals surface area (Å²) in [5.74, 6) is 0.407. The Kier molecular flexibility index (Phi) is 5.88. The van der Waals surface area contributed by atoms with Crippen molar-refractivity contribution in [2.45, 2.75) is 0 Å². The Hall–Kier alpha value is -2.73. The Morgan fingerprint density at radius 2 is 1.60 bits per heavy atom. The van der Waals surface area contributed by atoms with E-state index in [0.717, 1.165) is 0 Å². The zero-order chi connectivity index (χ0) is 18.6. The SMILES string of the molecule is COc1ccc(C(=O)Nc2cc(C(=O)N(C)C)ccc2Cl)cc1OC. The maximum Gasteiger partial charge on any atom is 0.255 e. The summed E-state index contributed by atoms with van der Waals surface area (Å²) < 4.78 is 10.3. The third-order valence-electron chi connectivity index (χ3n) is 3.51. The maximum absolute atomic E-state index is 12.5. The molecule has 0 aliphatic rings. The molecular formula is C18H19ClN2O4. The highest BCUT2D eigenvalue weighted by molar-refractivity contribution is 6.34. The predicted molar refractivity (Wildman–Crippen MR) is 97.0 cm³/mol. The Balaban J connectivity index is 2.28. The molecule has 25 heavy (non-hydrogen) atoms. The number of nitrogens with one attached hydrogen (secondary N) is 1. The molecule has 0 radical (unpaired) electrons. The summed E-state index contributed by atoms with van der Waals surface area (Å²) in [5.41, 5.74) is 1.16. The van der Waals surface area contributed by atoms with Crippen LogP contribution in [0.3, 0.4) is 0 Å². The second-order valence-electron chi connectivity index (χ2n) is 5.42. The second kappa shape index (κ2) is 7.90. The summed E-state index contributed by atoms with van der Waals surface area (Å²) in [4.78, 5) is 26.0. The van der Waals surface area contributed by atoms with E-state index in [4.69, 9.17) is 21.1 Å². The van der Waals surface area contributed by atoms with E-state index in [2.05, 4.69) is 5.32 Å². The van der Waals surface area contributed by atoms with Crippen LogP contribution in [0.25, 0.3) is 0 Å². The van der Waals surface area contributed by atoms with Gasteiger partial charge in [0.15, 0.2) is 11.5 Å². The summed E-state index contributed by atoms with van der Waals surface area (Å²) in [6.45, 7) is 0. The highest BCUT2D eigenvalue weighted by Gasteiger charge is 2.15. The van der Waals surface area contributed by atoms with Crippen LogP contribution in [0.1, 0.15) is 20.7 Å². The molecule has 0 atom stereocenters. The van der Waals surface area contributed by atoms with Gasteiger partial charge in [-0.2, -0.15) is 0 Å². The van der Waals surface area contributed by atoms with Gasteiger partial charge in [-0.05, 0) is 36.4 Å². The van der Waals surface area contributed by atoms with Gasteiger partial charge < -0.3 is 19.7 Å². The molecule has 6 nitrogen and oxygen atoms in total. The number of hydrogen-bond acceptors (Lipinski definition) is 4. The van der Waals surface area contributed by atoms with Crippen LogP contribution in [-0.4, -0.2) is 45.0 Å². The van der Waals surface area contributed by atoms with Gasteiger partial charge in [-0.1, -0.05) is 11.6 Å². The molecule has 0 saturated heterocycles. The number of methoxy groups -OCH3 is 2. The lowest BCUT2D eigenvalue weighted by atomic mass is 10.1. The molecule has 0 fully saturated rings. The van der Waals surface area contributed by atoms with Crippen molar-refractivity contribution >= 4 is 29.1 Å². The van der Waals surface area contributed by atoms with Crippen LogP contribution >= 0.6 is 11.6 Å². The van der Waals surface area contributed by atoms with Crippen molar-refractivity contribution in [1.29, 1.82) is 0 Å². The minimum atomic E-state index is -0.377. The Morgan fingerprint density at radius 1 is 0.960 bits per heavy atom. The first kappa shape index (κ1) is 18.6. The average Bonchev–Trinajstić information content (AvgIpc) is 2.62. The molecule has 0 aliphatic heterocycles. The highest BCUT2D eigenvalue weighted by atomic mass is 35.5. The number of amides is 2. The fourth-order valence-corrected chi connectivity index (χ4v) is 2.35. The van der Waals surface area contributed by atoms with E-state index in [1.807, 2.05) is 0 Å². The number of benzene rings is 2. The monoisotopic (exact) mass is 362 g/mol. The molecule has 2 aromatic carbocycles. The highest BCUT2D eigenvalue weighted by Crippen LogP contribution is 2.29. The molecule has 0 aromatic heterocycles. The number of ether oxygens (including phenoxy) is 2. The summed E-state index contributed by atoms with van der Waals surface area (Å²) in [6, 6.07) is 9.54. The molecule has 0 heterocycles. The van der Waals surface area contributed by atoms with Crippen molar-refractivity contribution in [3.05, 3.63) is 52.5 Å². The first-order valence-corrected chi connectivity index (χ1v) is 7.79. The molecule has 2 aromatic rings. The van der Waals surface area contributed by atoms with Gasteiger partial charge in [0.1, 0.15) is 0 Å². The largest absolute Gasteiger partial charge is 0.493 e. The molecular weight excluding hydrogens is 344 g/mol. The van der Waals surface area contributed by atoms with Crippen LogP contribution in [0.15, 0.2) is 36.4 Å². The lowest BCUT2D eigenvalue weighted by Gasteiger charge is -2.13. The fourth-order valence-electron chi connectivity index (χ4n) is 2.18. The minimum absolute atomic E-state index is 0.182. The van der Waals surface area contributed by atoms with Gasteiger partial charge >= 0.3 is 0 Å². The van der Waals surface area contributed by atoms with Crippen LogP contribution in [-0.2, 0) is 0 Å². The maximum atomic E-state index is 12.5. The van der Waals surface area contributed by atoms with Gasteiger partial charge in [-0.3, -0.25) is 9.59 Å². The number of rotatable bonds is 5. The summed E-state index contributed by atoms with van der Waals surface area (Å²) in [5, 5.41) is 3.05. The molecule has 0 spiro atoms. The lowest BCUT2D eigenvalue weighted by molar-refractivity contribution is 0.0827. The third-order valence-corrected chi connectivity index (χ3v) is 3.84. The number of anilines is 1. The molecule has 0 saturated carbocycles. The van der Waals surface area contributed by atoms with Crippen LogP contribution in [0, 0.1) is 0 Å². The first-order valence-electron chi connectivity index (χ1n) is 7.42. The molecule has 0 bridgehead atoms. The quantitative estimate of drug-likeness (QED) is 0.886. The molecule has 2 amide bonds. The summed E-state index contributed by atoms with van der Waals surface area (Å²) in [6.07, 6.45) is 0. The number of carbonyl (C=O) groups is 2. The number of halogens is 1. The minimum Gasteiger partial charge on any atom is -0.493 e. The second-order valence-corrected chi connectivity index (χ2v) is 5.83. The summed E-state index contributed by atoms with van der Waals surface area (Å²) in [7, 11) is 6.31. The molecule has 132 valence electrons. The van der Waals surface area contributed by atoms with E-state index in [1.54, 1.807) is 50.5 Å². The smallest absolute Gasteiger partial charge is 0.255 e. The van der Waals surface area contributed by atoms with E-state index in [9.17, 15) is 9.59 Å². The van der Waals surface area contributed by atoms with Crippen molar-refractivity contribution in [1.82, 2.24) is 4.90 Å². The predicted octanol–water partition coefficient (Wildman–Crippen LogP) is 3.31. The van der Waals surface area contributed by atoms with E-state index < -0.39 is 0 Å². The molecule has 2 rings (SSSR count). The fraction of sp³-hybridized carbons (Fsp3) is 0.222. The van der Waals surface area contributed by atoms with Crippen molar-refractivity contribution in [2.75, 3.05) is 33.6 Å². The van der Waals surface area contributed by atoms with E-state index in [1.165, 1.54) is 19.1 Å². The number of hydrogen-bond donors (Lipinski definition) is 1. The molecule has 1 N–H and O–H groups in total. The Bertz CT molecular complexity index is 806. The molecule has 7 heteroatoms. The van der Waals surface area contributed by atoms with Gasteiger partial charge in [0, 0.05) is 25.2 Å². The lowest BCUT2D eigenvalue weighted by Crippen LogP contribution is -2.22. The first-order chi connectivity index (χ1) is 11.9. The Morgan fingerprint density at radius 3 is 2.20 bits per heavy atom. The van der Waals surface area contributed by atoms with Gasteiger partial charge in [0.25, 0.3) is 11.8 Å². The van der Waals surface area contributed by atoms with E-state index in [0.29, 0.717) is 33.3 Å². The van der Waals surface area contributed by atoms with E-state index >= 15 is 0 Å². The van der Waals surface area contributed by atoms with E-state index in [-0.39, 0.29) is 11.8 Å². The number of carbonyl (C=O) groups excluding carboxylic acids is 2. The van der Waals surface area contributed by atoms with Crippen molar-refractivity contribution < 1.29 is 19.1 Å². The third kappa shape index (κ3) is 4.22. The van der Waals surface area contributed by atoms with Crippen molar-refractivity contribution in [2.24, 2.45) is 0 Å². The summed E-state index contributed by atoms with van der Waals surface area (Å²) >= 11 is 6.13. The van der Waals surface area contributed by atoms with Crippen LogP contribution in [0.5, 0.6) is 11.5 Å². The van der Waals surface area contributed by atoms with Crippen LogP contribution < -0.4 is 14.8 Å². The molecule has 0 aliphatic carbocycles. The van der Waals surface area contributed by atoms with Gasteiger partial charge in [-0.15, -0.1) is 0 Å². The van der Waals surface area contributed by atoms with Crippen molar-refractivity contribution in [3.63, 3.8) is 0 Å². The van der Waals surface area contributed by atoms with Gasteiger partial charge in [0.2, 0.25) is 0 Å². The Labute approximate surface area is 151 Å². The van der Waals surface area contributed by atoms with Crippen LogP contribution in [0.4, 0.5) is 5.69 Å². The normalized spacial score (nSPS) is 10.1.